The maximum Gasteiger partial charge on any atom is 0.278 e. The molecule has 0 amide bonds. The minimum absolute atomic E-state index is 0.625. The summed E-state index contributed by atoms with van der Waals surface area (Å²) >= 11 is 1.46. The molecule has 0 bridgehead atoms. The van der Waals surface area contributed by atoms with Crippen LogP contribution in [0.4, 0.5) is 5.69 Å². The van der Waals surface area contributed by atoms with Crippen LogP contribution in [-0.4, -0.2) is 4.98 Å². The summed E-state index contributed by atoms with van der Waals surface area (Å²) in [6, 6.07) is 7.38. The normalized spacial score (nSPS) is 10.1. The van der Waals surface area contributed by atoms with Gasteiger partial charge in [0.05, 0.1) is 11.4 Å². The summed E-state index contributed by atoms with van der Waals surface area (Å²) in [6.07, 6.45) is 0. The molecule has 2 N–H and O–H groups in total. The third-order valence-electron chi connectivity index (χ3n) is 1.71. The van der Waals surface area contributed by atoms with Gasteiger partial charge in [-0.3, -0.25) is 0 Å². The van der Waals surface area contributed by atoms with E-state index in [4.69, 9.17) is 10.5 Å². The Morgan fingerprint density at radius 1 is 1.36 bits per heavy atom. The van der Waals surface area contributed by atoms with Gasteiger partial charge < -0.3 is 10.5 Å². The monoisotopic (exact) mass is 206 g/mol. The van der Waals surface area contributed by atoms with E-state index < -0.39 is 0 Å². The van der Waals surface area contributed by atoms with Gasteiger partial charge in [0, 0.05) is 5.38 Å². The van der Waals surface area contributed by atoms with Crippen molar-refractivity contribution in [1.29, 1.82) is 0 Å². The molecule has 2 rings (SSSR count). The van der Waals surface area contributed by atoms with E-state index in [1.54, 1.807) is 6.07 Å². The Morgan fingerprint density at radius 3 is 2.79 bits per heavy atom. The van der Waals surface area contributed by atoms with Crippen LogP contribution < -0.4 is 10.5 Å². The molecule has 1 aromatic heterocycles. The van der Waals surface area contributed by atoms with Crippen LogP contribution in [0.1, 0.15) is 5.69 Å². The summed E-state index contributed by atoms with van der Waals surface area (Å²) in [4.78, 5) is 4.19. The Hall–Kier alpha value is -1.55. The van der Waals surface area contributed by atoms with Crippen molar-refractivity contribution in [3.8, 4) is 10.9 Å². The molecule has 3 nitrogen and oxygen atoms in total. The predicted octanol–water partition coefficient (Wildman–Crippen LogP) is 2.83. The lowest BCUT2D eigenvalue weighted by molar-refractivity contribution is 0.480. The van der Waals surface area contributed by atoms with Crippen molar-refractivity contribution in [3.63, 3.8) is 0 Å². The van der Waals surface area contributed by atoms with Gasteiger partial charge in [-0.25, -0.2) is 4.98 Å². The van der Waals surface area contributed by atoms with Crippen molar-refractivity contribution in [2.75, 3.05) is 5.73 Å². The molecule has 0 radical (unpaired) electrons. The summed E-state index contributed by atoms with van der Waals surface area (Å²) in [5.74, 6) is 0.654. The smallest absolute Gasteiger partial charge is 0.278 e. The quantitative estimate of drug-likeness (QED) is 0.768. The van der Waals surface area contributed by atoms with E-state index in [1.807, 2.05) is 30.5 Å². The Morgan fingerprint density at radius 2 is 2.14 bits per heavy atom. The third-order valence-corrected chi connectivity index (χ3v) is 2.55. The second-order valence-corrected chi connectivity index (χ2v) is 3.72. The molecule has 14 heavy (non-hydrogen) atoms. The highest BCUT2D eigenvalue weighted by Gasteiger charge is 2.03. The highest BCUT2D eigenvalue weighted by molar-refractivity contribution is 7.11. The number of nitrogens with zero attached hydrogens (tertiary/aromatic N) is 1. The van der Waals surface area contributed by atoms with Crippen molar-refractivity contribution in [3.05, 3.63) is 35.3 Å². The fourth-order valence-electron chi connectivity index (χ4n) is 1.05. The van der Waals surface area contributed by atoms with Crippen LogP contribution in [0.15, 0.2) is 29.6 Å². The summed E-state index contributed by atoms with van der Waals surface area (Å²) in [5, 5.41) is 2.56. The molecule has 0 aliphatic carbocycles. The number of hydrogen-bond donors (Lipinski definition) is 1. The summed E-state index contributed by atoms with van der Waals surface area (Å²) in [7, 11) is 0. The zero-order chi connectivity index (χ0) is 9.97. The number of nitrogens with two attached hydrogens (primary N) is 1. The molecule has 0 unspecified atom stereocenters. The van der Waals surface area contributed by atoms with Gasteiger partial charge in [0.1, 0.15) is 0 Å². The Bertz CT molecular complexity index is 439. The minimum Gasteiger partial charge on any atom is -0.429 e. The standard InChI is InChI=1S/C10H10N2OS/c1-7-6-14-10(12-7)13-9-5-3-2-4-8(9)11/h2-6H,11H2,1H3. The first kappa shape index (κ1) is 9.02. The number of hydrogen-bond acceptors (Lipinski definition) is 4. The van der Waals surface area contributed by atoms with Gasteiger partial charge >= 0.3 is 0 Å². The van der Waals surface area contributed by atoms with Gasteiger partial charge in [0.2, 0.25) is 0 Å². The van der Waals surface area contributed by atoms with Crippen molar-refractivity contribution in [1.82, 2.24) is 4.98 Å². The lowest BCUT2D eigenvalue weighted by Gasteiger charge is -2.03. The topological polar surface area (TPSA) is 48.1 Å². The molecule has 4 heteroatoms. The molecule has 2 aromatic rings. The molecule has 72 valence electrons. The molecular weight excluding hydrogens is 196 g/mol. The van der Waals surface area contributed by atoms with E-state index >= 15 is 0 Å². The number of ether oxygens (including phenoxy) is 1. The fourth-order valence-corrected chi connectivity index (χ4v) is 1.71. The number of para-hydroxylation sites is 2. The zero-order valence-corrected chi connectivity index (χ0v) is 8.54. The second kappa shape index (κ2) is 3.67. The molecule has 0 spiro atoms. The number of aryl methyl sites for hydroxylation is 1. The lowest BCUT2D eigenvalue weighted by Crippen LogP contribution is -1.90. The Balaban J connectivity index is 2.23. The number of benzene rings is 1. The van der Waals surface area contributed by atoms with Crippen LogP contribution in [0.2, 0.25) is 0 Å². The van der Waals surface area contributed by atoms with Crippen molar-refractivity contribution < 1.29 is 4.74 Å². The summed E-state index contributed by atoms with van der Waals surface area (Å²) in [6.45, 7) is 1.93. The van der Waals surface area contributed by atoms with Gasteiger partial charge in [-0.2, -0.15) is 0 Å². The van der Waals surface area contributed by atoms with E-state index in [-0.39, 0.29) is 0 Å². The van der Waals surface area contributed by atoms with Crippen LogP contribution in [0.5, 0.6) is 10.9 Å². The molecule has 1 heterocycles. The van der Waals surface area contributed by atoms with Crippen LogP contribution in [0.25, 0.3) is 0 Å². The number of thiazole rings is 1. The van der Waals surface area contributed by atoms with Crippen LogP contribution in [0.3, 0.4) is 0 Å². The predicted molar refractivity (Wildman–Crippen MR) is 57.8 cm³/mol. The molecule has 0 saturated heterocycles. The lowest BCUT2D eigenvalue weighted by atomic mass is 10.3. The van der Waals surface area contributed by atoms with Crippen LogP contribution >= 0.6 is 11.3 Å². The summed E-state index contributed by atoms with van der Waals surface area (Å²) < 4.78 is 5.51. The van der Waals surface area contributed by atoms with Crippen LogP contribution in [0, 0.1) is 6.92 Å². The van der Waals surface area contributed by atoms with Gasteiger partial charge in [0.25, 0.3) is 5.19 Å². The molecule has 0 aliphatic rings. The maximum atomic E-state index is 5.73. The van der Waals surface area contributed by atoms with Gasteiger partial charge in [-0.1, -0.05) is 23.5 Å². The first-order chi connectivity index (χ1) is 6.75. The van der Waals surface area contributed by atoms with Gasteiger partial charge in [-0.15, -0.1) is 0 Å². The van der Waals surface area contributed by atoms with Crippen molar-refractivity contribution in [2.24, 2.45) is 0 Å². The number of aromatic nitrogens is 1. The first-order valence-corrected chi connectivity index (χ1v) is 5.08. The maximum absolute atomic E-state index is 5.73. The number of nitrogen functional groups attached to an aromatic ring is 1. The van der Waals surface area contributed by atoms with E-state index in [0.29, 0.717) is 16.6 Å². The molecule has 0 aliphatic heterocycles. The molecule has 0 fully saturated rings. The fraction of sp³-hybridized carbons (Fsp3) is 0.100. The average molecular weight is 206 g/mol. The molecule has 0 saturated carbocycles. The highest BCUT2D eigenvalue weighted by Crippen LogP contribution is 2.28. The van der Waals surface area contributed by atoms with E-state index in [1.165, 1.54) is 11.3 Å². The van der Waals surface area contributed by atoms with E-state index in [2.05, 4.69) is 4.98 Å². The largest absolute Gasteiger partial charge is 0.429 e. The summed E-state index contributed by atoms with van der Waals surface area (Å²) in [5.41, 5.74) is 7.31. The second-order valence-electron chi connectivity index (χ2n) is 2.89. The van der Waals surface area contributed by atoms with Crippen molar-refractivity contribution in [2.45, 2.75) is 6.92 Å². The minimum atomic E-state index is 0.625. The Kier molecular flexibility index (Phi) is 2.37. The van der Waals surface area contributed by atoms with Crippen LogP contribution in [-0.2, 0) is 0 Å². The number of anilines is 1. The third kappa shape index (κ3) is 1.85. The SMILES string of the molecule is Cc1csc(Oc2ccccc2N)n1. The van der Waals surface area contributed by atoms with E-state index in [0.717, 1.165) is 5.69 Å². The number of rotatable bonds is 2. The molecule has 1 aromatic carbocycles. The van der Waals surface area contributed by atoms with Gasteiger partial charge in [0.15, 0.2) is 5.75 Å². The highest BCUT2D eigenvalue weighted by atomic mass is 32.1. The zero-order valence-electron chi connectivity index (χ0n) is 7.73. The Labute approximate surface area is 86.2 Å². The van der Waals surface area contributed by atoms with Crippen molar-refractivity contribution >= 4 is 17.0 Å². The average Bonchev–Trinajstić information content (AvgIpc) is 2.56. The van der Waals surface area contributed by atoms with Gasteiger partial charge in [-0.05, 0) is 19.1 Å². The first-order valence-electron chi connectivity index (χ1n) is 4.20. The van der Waals surface area contributed by atoms with E-state index in [9.17, 15) is 0 Å². The molecule has 0 atom stereocenters. The molecular formula is C10H10N2OS.